The molecule has 4 aromatic rings. The summed E-state index contributed by atoms with van der Waals surface area (Å²) in [6, 6.07) is 11.2. The van der Waals surface area contributed by atoms with E-state index in [-0.39, 0.29) is 29.8 Å². The number of benzene rings is 2. The molecule has 0 fully saturated rings. The highest BCUT2D eigenvalue weighted by Crippen LogP contribution is 2.28. The van der Waals surface area contributed by atoms with Crippen LogP contribution in [0.4, 0.5) is 10.2 Å². The molecule has 1 amide bonds. The largest absolute Gasteiger partial charge is 0.493 e. The van der Waals surface area contributed by atoms with Crippen LogP contribution >= 0.6 is 0 Å². The highest BCUT2D eigenvalue weighted by molar-refractivity contribution is 5.94. The number of halogens is 1. The van der Waals surface area contributed by atoms with Crippen molar-refractivity contribution >= 4 is 17.9 Å². The highest BCUT2D eigenvalue weighted by atomic mass is 19.1. The summed E-state index contributed by atoms with van der Waals surface area (Å²) >= 11 is 0. The molecule has 0 aliphatic heterocycles. The minimum Gasteiger partial charge on any atom is -0.493 e. The number of nitrogen functional groups attached to an aromatic ring is 1. The Morgan fingerprint density at radius 3 is 2.68 bits per heavy atom. The number of hydrogen-bond acceptors (Lipinski definition) is 11. The zero-order valence-electron chi connectivity index (χ0n) is 20.3. The van der Waals surface area contributed by atoms with Gasteiger partial charge in [0.1, 0.15) is 12.4 Å². The fraction of sp³-hybridized carbons (Fsp3) is 0.217. The molecule has 2 aromatic heterocycles. The molecular weight excluding hydrogens is 485 g/mol. The molecule has 13 nitrogen and oxygen atoms in total. The molecule has 37 heavy (non-hydrogen) atoms. The Balaban J connectivity index is 1.45. The average molecular weight is 510 g/mol. The molecule has 14 heteroatoms. The molecule has 0 saturated carbocycles. The van der Waals surface area contributed by atoms with Gasteiger partial charge in [-0.3, -0.25) is 4.79 Å². The van der Waals surface area contributed by atoms with Crippen molar-refractivity contribution in [3.05, 3.63) is 70.8 Å². The molecule has 0 spiro atoms. The number of aromatic nitrogens is 5. The van der Waals surface area contributed by atoms with E-state index in [9.17, 15) is 9.18 Å². The number of anilines is 1. The molecule has 2 heterocycles. The Hall–Kier alpha value is -4.85. The normalized spacial score (nSPS) is 11.3. The van der Waals surface area contributed by atoms with Crippen molar-refractivity contribution in [2.75, 3.05) is 26.9 Å². The highest BCUT2D eigenvalue weighted by Gasteiger charge is 2.24. The summed E-state index contributed by atoms with van der Waals surface area (Å²) in [6.45, 7) is 0.550. The standard InChI is InChI=1S/C23H24FN9O4/c1-32(2)12-17-20(27-31-33(17)22-21(25)29-37-30-22)23(34)28-26-11-15-6-9-18(19(10-15)35-3)36-13-14-4-7-16(24)8-5-14/h4-11H,12-13H2,1-3H3,(H2,25,29)(H,28,34)/b26-11+. The smallest absolute Gasteiger partial charge is 0.293 e. The fourth-order valence-corrected chi connectivity index (χ4v) is 3.27. The second kappa shape index (κ2) is 11.3. The topological polar surface area (TPSA) is 159 Å². The summed E-state index contributed by atoms with van der Waals surface area (Å²) in [4.78, 5) is 14.6. The van der Waals surface area contributed by atoms with Gasteiger partial charge in [-0.1, -0.05) is 17.3 Å². The van der Waals surface area contributed by atoms with Gasteiger partial charge in [-0.25, -0.2) is 14.4 Å². The number of methoxy groups -OCH3 is 1. The van der Waals surface area contributed by atoms with Crippen LogP contribution in [0.2, 0.25) is 0 Å². The van der Waals surface area contributed by atoms with Gasteiger partial charge >= 0.3 is 0 Å². The second-order valence-electron chi connectivity index (χ2n) is 8.03. The summed E-state index contributed by atoms with van der Waals surface area (Å²) < 4.78 is 30.2. The number of hydrazone groups is 1. The molecule has 2 aromatic carbocycles. The molecule has 192 valence electrons. The lowest BCUT2D eigenvalue weighted by atomic mass is 10.2. The first-order chi connectivity index (χ1) is 17.9. The van der Waals surface area contributed by atoms with Crippen molar-refractivity contribution < 1.29 is 23.3 Å². The minimum absolute atomic E-state index is 0.00826. The van der Waals surface area contributed by atoms with E-state index in [0.29, 0.717) is 29.3 Å². The third-order valence-corrected chi connectivity index (χ3v) is 5.02. The average Bonchev–Trinajstić information content (AvgIpc) is 3.49. The van der Waals surface area contributed by atoms with E-state index in [1.54, 1.807) is 30.3 Å². The van der Waals surface area contributed by atoms with Crippen LogP contribution in [0.5, 0.6) is 11.5 Å². The van der Waals surface area contributed by atoms with Gasteiger partial charge in [0.2, 0.25) is 11.6 Å². The van der Waals surface area contributed by atoms with Crippen LogP contribution in [0.25, 0.3) is 5.82 Å². The fourth-order valence-electron chi connectivity index (χ4n) is 3.27. The van der Waals surface area contributed by atoms with Crippen molar-refractivity contribution in [1.82, 2.24) is 35.6 Å². The number of carbonyl (C=O) groups is 1. The van der Waals surface area contributed by atoms with E-state index >= 15 is 0 Å². The van der Waals surface area contributed by atoms with Crippen LogP contribution < -0.4 is 20.6 Å². The van der Waals surface area contributed by atoms with Gasteiger partial charge < -0.3 is 20.1 Å². The number of nitrogens with zero attached hydrogens (tertiary/aromatic N) is 7. The maximum absolute atomic E-state index is 13.1. The monoisotopic (exact) mass is 509 g/mol. The van der Waals surface area contributed by atoms with E-state index in [4.69, 9.17) is 15.2 Å². The first kappa shape index (κ1) is 25.2. The molecular formula is C23H24FN9O4. The van der Waals surface area contributed by atoms with Crippen LogP contribution in [0.1, 0.15) is 27.3 Å². The molecule has 0 aliphatic rings. The zero-order chi connectivity index (χ0) is 26.4. The molecule has 3 N–H and O–H groups in total. The first-order valence-electron chi connectivity index (χ1n) is 10.9. The Morgan fingerprint density at radius 1 is 1.22 bits per heavy atom. The molecule has 0 saturated heterocycles. The van der Waals surface area contributed by atoms with Crippen LogP contribution in [0.15, 0.2) is 52.2 Å². The maximum Gasteiger partial charge on any atom is 0.293 e. The van der Waals surface area contributed by atoms with Gasteiger partial charge in [0.05, 0.1) is 19.0 Å². The third kappa shape index (κ3) is 6.05. The number of carbonyl (C=O) groups excluding carboxylic acids is 1. The number of ether oxygens (including phenoxy) is 2. The van der Waals surface area contributed by atoms with Gasteiger partial charge in [-0.15, -0.1) is 5.10 Å². The van der Waals surface area contributed by atoms with E-state index in [0.717, 1.165) is 5.56 Å². The van der Waals surface area contributed by atoms with E-state index in [1.807, 2.05) is 19.0 Å². The van der Waals surface area contributed by atoms with Crippen molar-refractivity contribution in [2.24, 2.45) is 5.10 Å². The third-order valence-electron chi connectivity index (χ3n) is 5.02. The molecule has 0 aliphatic carbocycles. The van der Waals surface area contributed by atoms with Crippen molar-refractivity contribution in [3.8, 4) is 17.3 Å². The number of hydrogen-bond donors (Lipinski definition) is 2. The lowest BCUT2D eigenvalue weighted by Crippen LogP contribution is -2.23. The Labute approximate surface area is 210 Å². The van der Waals surface area contributed by atoms with Gasteiger partial charge in [0.25, 0.3) is 5.91 Å². The summed E-state index contributed by atoms with van der Waals surface area (Å²) in [7, 11) is 5.15. The summed E-state index contributed by atoms with van der Waals surface area (Å²) in [5.41, 5.74) is 10.1. The number of rotatable bonds is 10. The molecule has 0 radical (unpaired) electrons. The van der Waals surface area contributed by atoms with Gasteiger partial charge in [0, 0.05) is 6.54 Å². The van der Waals surface area contributed by atoms with Crippen LogP contribution in [-0.4, -0.2) is 63.5 Å². The van der Waals surface area contributed by atoms with Crippen LogP contribution in [0, 0.1) is 5.82 Å². The van der Waals surface area contributed by atoms with E-state index in [2.05, 4.69) is 35.8 Å². The van der Waals surface area contributed by atoms with Crippen LogP contribution in [0.3, 0.4) is 0 Å². The summed E-state index contributed by atoms with van der Waals surface area (Å²) in [5, 5.41) is 19.2. The lowest BCUT2D eigenvalue weighted by molar-refractivity contribution is 0.0948. The zero-order valence-corrected chi connectivity index (χ0v) is 20.3. The maximum atomic E-state index is 13.1. The summed E-state index contributed by atoms with van der Waals surface area (Å²) in [5.74, 6) is 0.204. The Morgan fingerprint density at radius 2 is 2.00 bits per heavy atom. The molecule has 0 bridgehead atoms. The molecule has 4 rings (SSSR count). The number of nitrogens with two attached hydrogens (primary N) is 1. The predicted molar refractivity (Wildman–Crippen MR) is 130 cm³/mol. The van der Waals surface area contributed by atoms with Gasteiger partial charge in [-0.05, 0) is 65.9 Å². The molecule has 0 unspecified atom stereocenters. The number of nitrogens with one attached hydrogen (secondary N) is 1. The first-order valence-corrected chi connectivity index (χ1v) is 10.9. The van der Waals surface area contributed by atoms with E-state index in [1.165, 1.54) is 30.1 Å². The summed E-state index contributed by atoms with van der Waals surface area (Å²) in [6.07, 6.45) is 1.44. The van der Waals surface area contributed by atoms with Crippen molar-refractivity contribution in [3.63, 3.8) is 0 Å². The van der Waals surface area contributed by atoms with Crippen LogP contribution in [-0.2, 0) is 13.2 Å². The second-order valence-corrected chi connectivity index (χ2v) is 8.03. The predicted octanol–water partition coefficient (Wildman–Crippen LogP) is 1.78. The quantitative estimate of drug-likeness (QED) is 0.238. The SMILES string of the molecule is COc1cc(/C=N/NC(=O)c2nnn(-c3nonc3N)c2CN(C)C)ccc1OCc1ccc(F)cc1. The minimum atomic E-state index is -0.583. The van der Waals surface area contributed by atoms with Gasteiger partial charge in [-0.2, -0.15) is 9.78 Å². The van der Waals surface area contributed by atoms with E-state index < -0.39 is 5.91 Å². The lowest BCUT2D eigenvalue weighted by Gasteiger charge is -2.11. The van der Waals surface area contributed by atoms with Crippen molar-refractivity contribution in [2.45, 2.75) is 13.2 Å². The Bertz CT molecular complexity index is 1400. The van der Waals surface area contributed by atoms with Gasteiger partial charge in [0.15, 0.2) is 17.2 Å². The number of amides is 1. The Kier molecular flexibility index (Phi) is 7.68. The van der Waals surface area contributed by atoms with Crippen molar-refractivity contribution in [1.29, 1.82) is 0 Å². The molecule has 0 atom stereocenters.